The van der Waals surface area contributed by atoms with Crippen LogP contribution in [-0.4, -0.2) is 53.7 Å². The highest BCUT2D eigenvalue weighted by Crippen LogP contribution is 2.41. The van der Waals surface area contributed by atoms with Gasteiger partial charge in [-0.3, -0.25) is 5.10 Å². The van der Waals surface area contributed by atoms with Crippen molar-refractivity contribution in [2.24, 2.45) is 0 Å². The van der Waals surface area contributed by atoms with Gasteiger partial charge in [0, 0.05) is 30.5 Å². The summed E-state index contributed by atoms with van der Waals surface area (Å²) in [5, 5.41) is 17.5. The number of nitrogens with zero attached hydrogens (tertiary/aromatic N) is 3. The van der Waals surface area contributed by atoms with Crippen molar-refractivity contribution in [3.05, 3.63) is 71.4 Å². The number of carbonyl (C=O) groups excluding carboxylic acids is 1. The van der Waals surface area contributed by atoms with E-state index in [1.807, 2.05) is 82.4 Å². The maximum atomic E-state index is 13.5. The van der Waals surface area contributed by atoms with Crippen molar-refractivity contribution in [2.75, 3.05) is 38.3 Å². The molecule has 8 nitrogen and oxygen atoms in total. The van der Waals surface area contributed by atoms with Gasteiger partial charge in [0.25, 0.3) is 0 Å². The summed E-state index contributed by atoms with van der Waals surface area (Å²) < 4.78 is 0. The fraction of sp³-hybridized carbons (Fsp3) is 0.360. The number of anilines is 3. The Morgan fingerprint density at radius 2 is 1.88 bits per heavy atom. The predicted molar refractivity (Wildman–Crippen MR) is 133 cm³/mol. The van der Waals surface area contributed by atoms with Gasteiger partial charge in [-0.15, -0.1) is 0 Å². The van der Waals surface area contributed by atoms with Crippen molar-refractivity contribution >= 4 is 23.2 Å². The van der Waals surface area contributed by atoms with Crippen LogP contribution in [0.15, 0.2) is 54.6 Å². The number of amides is 2. The smallest absolute Gasteiger partial charge is 0.319 e. The van der Waals surface area contributed by atoms with E-state index in [4.69, 9.17) is 0 Å². The molecule has 0 fully saturated rings. The van der Waals surface area contributed by atoms with Crippen LogP contribution < -0.4 is 16.0 Å². The molecule has 2 aromatic carbocycles. The van der Waals surface area contributed by atoms with Gasteiger partial charge in [0.2, 0.25) is 0 Å². The zero-order valence-corrected chi connectivity index (χ0v) is 19.9. The fourth-order valence-corrected chi connectivity index (χ4v) is 4.35. The summed E-state index contributed by atoms with van der Waals surface area (Å²) in [6.07, 6.45) is 0. The fourth-order valence-electron chi connectivity index (χ4n) is 4.35. The molecule has 33 heavy (non-hydrogen) atoms. The Labute approximate surface area is 195 Å². The lowest BCUT2D eigenvalue weighted by molar-refractivity contribution is 0.138. The second-order valence-electron chi connectivity index (χ2n) is 9.20. The van der Waals surface area contributed by atoms with Crippen molar-refractivity contribution in [3.63, 3.8) is 0 Å². The average molecular weight is 448 g/mol. The van der Waals surface area contributed by atoms with Crippen molar-refractivity contribution < 1.29 is 4.79 Å². The van der Waals surface area contributed by atoms with Gasteiger partial charge in [-0.1, -0.05) is 36.4 Å². The van der Waals surface area contributed by atoms with Crippen molar-refractivity contribution in [1.29, 1.82) is 0 Å². The molecule has 2 heterocycles. The molecule has 1 aliphatic heterocycles. The normalized spacial score (nSPS) is 15.3. The maximum absolute atomic E-state index is 13.5. The number of fused-ring (bicyclic) bond motifs is 1. The molecule has 4 N–H and O–H groups in total. The summed E-state index contributed by atoms with van der Waals surface area (Å²) in [5.41, 5.74) is 4.48. The van der Waals surface area contributed by atoms with Gasteiger partial charge < -0.3 is 25.8 Å². The molecule has 0 saturated heterocycles. The highest BCUT2D eigenvalue weighted by atomic mass is 16.2. The first-order valence-corrected chi connectivity index (χ1v) is 11.2. The van der Waals surface area contributed by atoms with Crippen LogP contribution in [0, 0.1) is 0 Å². The highest BCUT2D eigenvalue weighted by molar-refractivity contribution is 5.78. The number of H-pyrrole nitrogens is 1. The van der Waals surface area contributed by atoms with E-state index in [2.05, 4.69) is 43.2 Å². The molecule has 0 bridgehead atoms. The zero-order valence-electron chi connectivity index (χ0n) is 19.9. The molecule has 4 rings (SSSR count). The van der Waals surface area contributed by atoms with E-state index in [9.17, 15) is 4.79 Å². The monoisotopic (exact) mass is 447 g/mol. The summed E-state index contributed by atoms with van der Waals surface area (Å²) >= 11 is 0. The minimum atomic E-state index is -0.515. The Kier molecular flexibility index (Phi) is 6.29. The number of hydrogen-bond acceptors (Lipinski definition) is 5. The van der Waals surface area contributed by atoms with E-state index in [0.717, 1.165) is 34.0 Å². The summed E-state index contributed by atoms with van der Waals surface area (Å²) in [6.45, 7) is 5.28. The number of nitrogens with one attached hydrogen (secondary N) is 4. The molecule has 1 unspecified atom stereocenters. The first kappa shape index (κ1) is 22.7. The number of aromatic amines is 1. The van der Waals surface area contributed by atoms with Gasteiger partial charge in [-0.2, -0.15) is 5.10 Å². The molecule has 1 aliphatic rings. The largest absolute Gasteiger partial charge is 0.388 e. The van der Waals surface area contributed by atoms with Crippen LogP contribution in [0.2, 0.25) is 0 Å². The maximum Gasteiger partial charge on any atom is 0.319 e. The van der Waals surface area contributed by atoms with Crippen LogP contribution in [0.3, 0.4) is 0 Å². The second-order valence-corrected chi connectivity index (χ2v) is 9.20. The number of urea groups is 1. The Morgan fingerprint density at radius 3 is 2.58 bits per heavy atom. The average Bonchev–Trinajstić information content (AvgIpc) is 3.31. The number of benzene rings is 2. The van der Waals surface area contributed by atoms with Gasteiger partial charge in [0.05, 0.1) is 23.8 Å². The van der Waals surface area contributed by atoms with E-state index < -0.39 is 5.54 Å². The Bertz CT molecular complexity index is 1110. The Morgan fingerprint density at radius 1 is 1.15 bits per heavy atom. The number of carbonyl (C=O) groups is 1. The standard InChI is InChI=1S/C25H33N7O/c1-25(2)22-20(23(30-29-22)27-19-13-9-12-18(14-19)26-3)15-32(25)24(33)28-21(16-31(4)5)17-10-7-6-8-11-17/h6-14,21,26H,15-16H2,1-5H3,(H,28,33)(H2,27,29,30). The first-order valence-electron chi connectivity index (χ1n) is 11.2. The second kappa shape index (κ2) is 9.15. The van der Waals surface area contributed by atoms with Crippen LogP contribution in [0.5, 0.6) is 0 Å². The topological polar surface area (TPSA) is 88.3 Å². The van der Waals surface area contributed by atoms with E-state index in [1.165, 1.54) is 0 Å². The van der Waals surface area contributed by atoms with E-state index >= 15 is 0 Å². The Balaban J connectivity index is 1.54. The summed E-state index contributed by atoms with van der Waals surface area (Å²) in [6, 6.07) is 17.9. The van der Waals surface area contributed by atoms with Crippen LogP contribution in [0.1, 0.15) is 36.7 Å². The molecule has 0 radical (unpaired) electrons. The molecular formula is C25H33N7O. The Hall–Kier alpha value is -3.52. The molecular weight excluding hydrogens is 414 g/mol. The SMILES string of the molecule is CNc1cccc(Nc2n[nH]c3c2CN(C(=O)NC(CN(C)C)c2ccccc2)C3(C)C)c1. The van der Waals surface area contributed by atoms with Crippen molar-refractivity contribution in [2.45, 2.75) is 32.0 Å². The molecule has 0 saturated carbocycles. The van der Waals surface area contributed by atoms with Gasteiger partial charge >= 0.3 is 6.03 Å². The minimum absolute atomic E-state index is 0.0940. The van der Waals surface area contributed by atoms with Crippen molar-refractivity contribution in [1.82, 2.24) is 25.3 Å². The van der Waals surface area contributed by atoms with Gasteiger partial charge in [0.1, 0.15) is 0 Å². The summed E-state index contributed by atoms with van der Waals surface area (Å²) in [7, 11) is 5.92. The van der Waals surface area contributed by atoms with Crippen LogP contribution >= 0.6 is 0 Å². The molecule has 3 aromatic rings. The third-order valence-electron chi connectivity index (χ3n) is 6.18. The van der Waals surface area contributed by atoms with Crippen LogP contribution in [-0.2, 0) is 12.1 Å². The third kappa shape index (κ3) is 4.66. The number of rotatable bonds is 7. The van der Waals surface area contributed by atoms with Gasteiger partial charge in [-0.05, 0) is 51.7 Å². The van der Waals surface area contributed by atoms with E-state index in [-0.39, 0.29) is 12.1 Å². The molecule has 2 amide bonds. The number of hydrogen-bond donors (Lipinski definition) is 4. The molecule has 1 atom stereocenters. The molecule has 0 aliphatic carbocycles. The molecule has 174 valence electrons. The molecule has 0 spiro atoms. The van der Waals surface area contributed by atoms with Crippen molar-refractivity contribution in [3.8, 4) is 0 Å². The lowest BCUT2D eigenvalue weighted by Crippen LogP contribution is -2.48. The van der Waals surface area contributed by atoms with E-state index in [0.29, 0.717) is 13.1 Å². The molecule has 8 heteroatoms. The number of likely N-dealkylation sites (N-methyl/N-ethyl adjacent to an activating group) is 1. The van der Waals surface area contributed by atoms with E-state index in [1.54, 1.807) is 0 Å². The van der Waals surface area contributed by atoms with Gasteiger partial charge in [-0.25, -0.2) is 4.79 Å². The van der Waals surface area contributed by atoms with Crippen LogP contribution in [0.4, 0.5) is 22.0 Å². The lowest BCUT2D eigenvalue weighted by Gasteiger charge is -2.34. The minimum Gasteiger partial charge on any atom is -0.388 e. The highest BCUT2D eigenvalue weighted by Gasteiger charge is 2.44. The summed E-state index contributed by atoms with van der Waals surface area (Å²) in [5.74, 6) is 0.745. The number of aromatic nitrogens is 2. The third-order valence-corrected chi connectivity index (χ3v) is 6.18. The predicted octanol–water partition coefficient (Wildman–Crippen LogP) is 4.26. The lowest BCUT2D eigenvalue weighted by atomic mass is 10.0. The molecule has 1 aromatic heterocycles. The van der Waals surface area contributed by atoms with Crippen LogP contribution in [0.25, 0.3) is 0 Å². The van der Waals surface area contributed by atoms with Gasteiger partial charge in [0.15, 0.2) is 5.82 Å². The first-order chi connectivity index (χ1) is 15.8. The summed E-state index contributed by atoms with van der Waals surface area (Å²) in [4.78, 5) is 17.4. The zero-order chi connectivity index (χ0) is 23.6. The quantitative estimate of drug-likeness (QED) is 0.435.